The summed E-state index contributed by atoms with van der Waals surface area (Å²) in [6.07, 6.45) is 3.68. The van der Waals surface area contributed by atoms with Gasteiger partial charge in [-0.05, 0) is 25.0 Å². The summed E-state index contributed by atoms with van der Waals surface area (Å²) in [5.74, 6) is 0.468. The van der Waals surface area contributed by atoms with Crippen molar-refractivity contribution >= 4 is 23.4 Å². The second-order valence-corrected chi connectivity index (χ2v) is 3.67. The first-order chi connectivity index (χ1) is 6.74. The van der Waals surface area contributed by atoms with Gasteiger partial charge in [-0.15, -0.1) is 0 Å². The summed E-state index contributed by atoms with van der Waals surface area (Å²) in [5.41, 5.74) is 0. The zero-order valence-electron chi connectivity index (χ0n) is 7.46. The summed E-state index contributed by atoms with van der Waals surface area (Å²) < 4.78 is 0. The number of anilines is 1. The number of urea groups is 1. The molecule has 1 aliphatic rings. The fourth-order valence-corrected chi connectivity index (χ4v) is 1.20. The van der Waals surface area contributed by atoms with E-state index in [2.05, 4.69) is 15.6 Å². The molecule has 2 N–H and O–H groups in total. The fourth-order valence-electron chi connectivity index (χ4n) is 1.04. The fraction of sp³-hybridized carbons (Fsp3) is 0.333. The van der Waals surface area contributed by atoms with E-state index in [1.54, 1.807) is 18.3 Å². The van der Waals surface area contributed by atoms with Crippen molar-refractivity contribution < 1.29 is 4.79 Å². The van der Waals surface area contributed by atoms with Gasteiger partial charge in [0.2, 0.25) is 0 Å². The van der Waals surface area contributed by atoms with Crippen LogP contribution < -0.4 is 10.6 Å². The van der Waals surface area contributed by atoms with Crippen LogP contribution in [0.25, 0.3) is 0 Å². The molecular weight excluding hydrogens is 202 g/mol. The molecule has 4 nitrogen and oxygen atoms in total. The van der Waals surface area contributed by atoms with Crippen LogP contribution in [0.1, 0.15) is 12.8 Å². The number of carbonyl (C=O) groups excluding carboxylic acids is 1. The van der Waals surface area contributed by atoms with Crippen molar-refractivity contribution in [1.29, 1.82) is 0 Å². The Balaban J connectivity index is 1.92. The molecule has 14 heavy (non-hydrogen) atoms. The van der Waals surface area contributed by atoms with Gasteiger partial charge in [0.1, 0.15) is 5.82 Å². The number of nitrogens with one attached hydrogen (secondary N) is 2. The van der Waals surface area contributed by atoms with E-state index in [9.17, 15) is 4.79 Å². The molecule has 0 spiro atoms. The molecule has 1 aromatic rings. The normalized spacial score (nSPS) is 14.9. The van der Waals surface area contributed by atoms with Crippen LogP contribution in [0, 0.1) is 0 Å². The standard InChI is InChI=1S/C9H10ClN3O/c10-6-3-4-11-8(5-6)13-9(14)12-7-1-2-7/h3-5,7H,1-2H2,(H2,11,12,13,14). The molecule has 74 valence electrons. The van der Waals surface area contributed by atoms with Gasteiger partial charge in [-0.1, -0.05) is 11.6 Å². The van der Waals surface area contributed by atoms with E-state index in [1.807, 2.05) is 0 Å². The Bertz CT molecular complexity index is 352. The number of amides is 2. The SMILES string of the molecule is O=C(Nc1cc(Cl)ccn1)NC1CC1. The molecule has 0 aromatic carbocycles. The van der Waals surface area contributed by atoms with Crippen molar-refractivity contribution in [3.8, 4) is 0 Å². The predicted octanol–water partition coefficient (Wildman–Crippen LogP) is 2.02. The number of nitrogens with zero attached hydrogens (tertiary/aromatic N) is 1. The number of rotatable bonds is 2. The highest BCUT2D eigenvalue weighted by Gasteiger charge is 2.23. The van der Waals surface area contributed by atoms with E-state index >= 15 is 0 Å². The first-order valence-corrected chi connectivity index (χ1v) is 4.81. The van der Waals surface area contributed by atoms with Gasteiger partial charge in [0.15, 0.2) is 0 Å². The van der Waals surface area contributed by atoms with Gasteiger partial charge in [-0.2, -0.15) is 0 Å². The van der Waals surface area contributed by atoms with Gasteiger partial charge in [-0.3, -0.25) is 5.32 Å². The Morgan fingerprint density at radius 2 is 2.36 bits per heavy atom. The van der Waals surface area contributed by atoms with Crippen molar-refractivity contribution in [3.63, 3.8) is 0 Å². The van der Waals surface area contributed by atoms with Crippen molar-refractivity contribution in [1.82, 2.24) is 10.3 Å². The van der Waals surface area contributed by atoms with Crippen LogP contribution in [0.5, 0.6) is 0 Å². The zero-order valence-corrected chi connectivity index (χ0v) is 8.21. The average molecular weight is 212 g/mol. The summed E-state index contributed by atoms with van der Waals surface area (Å²) in [6, 6.07) is 3.39. The van der Waals surface area contributed by atoms with E-state index in [-0.39, 0.29) is 6.03 Å². The summed E-state index contributed by atoms with van der Waals surface area (Å²) in [6.45, 7) is 0. The highest BCUT2D eigenvalue weighted by Crippen LogP contribution is 2.18. The molecule has 0 bridgehead atoms. The van der Waals surface area contributed by atoms with Crippen LogP contribution in [0.15, 0.2) is 18.3 Å². The molecule has 0 atom stereocenters. The Kier molecular flexibility index (Phi) is 2.54. The van der Waals surface area contributed by atoms with Crippen LogP contribution in [0.3, 0.4) is 0 Å². The third kappa shape index (κ3) is 2.60. The third-order valence-corrected chi connectivity index (χ3v) is 2.11. The summed E-state index contributed by atoms with van der Waals surface area (Å²) >= 11 is 5.73. The van der Waals surface area contributed by atoms with Gasteiger partial charge < -0.3 is 5.32 Å². The lowest BCUT2D eigenvalue weighted by atomic mass is 10.4. The molecule has 1 aliphatic carbocycles. The van der Waals surface area contributed by atoms with Gasteiger partial charge in [0.25, 0.3) is 0 Å². The number of hydrogen-bond acceptors (Lipinski definition) is 2. The number of aromatic nitrogens is 1. The van der Waals surface area contributed by atoms with Gasteiger partial charge in [-0.25, -0.2) is 9.78 Å². The molecule has 2 rings (SSSR count). The van der Waals surface area contributed by atoms with Crippen molar-refractivity contribution in [2.75, 3.05) is 5.32 Å². The molecule has 2 amide bonds. The molecule has 1 aromatic heterocycles. The van der Waals surface area contributed by atoms with Crippen molar-refractivity contribution in [2.24, 2.45) is 0 Å². The van der Waals surface area contributed by atoms with Crippen LogP contribution in [-0.2, 0) is 0 Å². The molecule has 1 heterocycles. The monoisotopic (exact) mass is 211 g/mol. The van der Waals surface area contributed by atoms with Gasteiger partial charge in [0, 0.05) is 17.3 Å². The maximum Gasteiger partial charge on any atom is 0.320 e. The Hall–Kier alpha value is -1.29. The minimum atomic E-state index is -0.220. The highest BCUT2D eigenvalue weighted by molar-refractivity contribution is 6.30. The lowest BCUT2D eigenvalue weighted by molar-refractivity contribution is 0.251. The zero-order chi connectivity index (χ0) is 9.97. The lowest BCUT2D eigenvalue weighted by Gasteiger charge is -2.05. The number of hydrogen-bond donors (Lipinski definition) is 2. The molecule has 0 radical (unpaired) electrons. The van der Waals surface area contributed by atoms with E-state index in [0.717, 1.165) is 12.8 Å². The maximum atomic E-state index is 11.3. The molecule has 1 saturated carbocycles. The minimum absolute atomic E-state index is 0.220. The van der Waals surface area contributed by atoms with Crippen LogP contribution in [0.2, 0.25) is 5.02 Å². The molecule has 1 fully saturated rings. The molecule has 0 saturated heterocycles. The van der Waals surface area contributed by atoms with Gasteiger partial charge in [0.05, 0.1) is 0 Å². The number of carbonyl (C=O) groups is 1. The van der Waals surface area contributed by atoms with E-state index in [4.69, 9.17) is 11.6 Å². The first-order valence-electron chi connectivity index (χ1n) is 4.43. The van der Waals surface area contributed by atoms with Crippen molar-refractivity contribution in [3.05, 3.63) is 23.4 Å². The van der Waals surface area contributed by atoms with E-state index < -0.39 is 0 Å². The second-order valence-electron chi connectivity index (χ2n) is 3.23. The largest absolute Gasteiger partial charge is 0.335 e. The summed E-state index contributed by atoms with van der Waals surface area (Å²) in [7, 11) is 0. The smallest absolute Gasteiger partial charge is 0.320 e. The van der Waals surface area contributed by atoms with E-state index in [0.29, 0.717) is 16.9 Å². The number of pyridine rings is 1. The Morgan fingerprint density at radius 1 is 1.57 bits per heavy atom. The summed E-state index contributed by atoms with van der Waals surface area (Å²) in [5, 5.41) is 5.95. The summed E-state index contributed by atoms with van der Waals surface area (Å²) in [4.78, 5) is 15.2. The second kappa shape index (κ2) is 3.84. The quantitative estimate of drug-likeness (QED) is 0.787. The molecule has 0 unspecified atom stereocenters. The lowest BCUT2D eigenvalue weighted by Crippen LogP contribution is -2.30. The Labute approximate surface area is 86.7 Å². The van der Waals surface area contributed by atoms with Crippen LogP contribution in [0.4, 0.5) is 10.6 Å². The van der Waals surface area contributed by atoms with Crippen LogP contribution in [-0.4, -0.2) is 17.1 Å². The number of halogens is 1. The highest BCUT2D eigenvalue weighted by atomic mass is 35.5. The van der Waals surface area contributed by atoms with E-state index in [1.165, 1.54) is 0 Å². The maximum absolute atomic E-state index is 11.3. The Morgan fingerprint density at radius 3 is 3.00 bits per heavy atom. The minimum Gasteiger partial charge on any atom is -0.335 e. The topological polar surface area (TPSA) is 54.0 Å². The predicted molar refractivity (Wildman–Crippen MR) is 54.4 cm³/mol. The molecule has 5 heteroatoms. The van der Waals surface area contributed by atoms with Crippen LogP contribution >= 0.6 is 11.6 Å². The molecular formula is C9H10ClN3O. The van der Waals surface area contributed by atoms with Gasteiger partial charge >= 0.3 is 6.03 Å². The third-order valence-electron chi connectivity index (χ3n) is 1.88. The molecule has 0 aliphatic heterocycles. The first kappa shape index (κ1) is 9.27. The van der Waals surface area contributed by atoms with Crippen molar-refractivity contribution in [2.45, 2.75) is 18.9 Å². The average Bonchev–Trinajstić information content (AvgIpc) is 2.87.